The summed E-state index contributed by atoms with van der Waals surface area (Å²) < 4.78 is 25.7. The maximum atomic E-state index is 11.7. The van der Waals surface area contributed by atoms with Crippen LogP contribution in [0.25, 0.3) is 0 Å². The molecule has 0 rings (SSSR count). The maximum absolute atomic E-state index is 11.7. The molecular weight excluding hydrogens is 235 g/mol. The van der Waals surface area contributed by atoms with Gasteiger partial charge in [0.15, 0.2) is 5.78 Å². The molecule has 0 aromatic rings. The monoisotopic (exact) mass is 252 g/mol. The average Bonchev–Trinajstić information content (AvgIpc) is 2.25. The summed E-state index contributed by atoms with van der Waals surface area (Å²) >= 11 is 0. The normalized spacial score (nSPS) is 17.6. The number of hydrogen-bond acceptors (Lipinski definition) is 6. The third-order valence-corrected chi connectivity index (χ3v) is 3.55. The van der Waals surface area contributed by atoms with E-state index in [9.17, 15) is 14.5 Å². The molecule has 0 spiro atoms. The largest absolute Gasteiger partial charge is 0.474 e. The minimum atomic E-state index is -3.77. The lowest BCUT2D eigenvalue weighted by atomic mass is 9.95. The lowest BCUT2D eigenvalue weighted by Gasteiger charge is -2.29. The van der Waals surface area contributed by atoms with Crippen LogP contribution in [0.5, 0.6) is 0 Å². The standard InChI is InChI=1S/C9H17O6P/c1-6-8(9(3,11)7(2)10)15-16(12,13-4)14-5/h6,8,11H,1H2,2-5H3/t8-,9+/m1/s1. The van der Waals surface area contributed by atoms with Crippen molar-refractivity contribution in [2.45, 2.75) is 25.6 Å². The molecule has 0 aliphatic heterocycles. The molecule has 0 amide bonds. The summed E-state index contributed by atoms with van der Waals surface area (Å²) in [4.78, 5) is 11.2. The summed E-state index contributed by atoms with van der Waals surface area (Å²) in [5, 5.41) is 9.83. The lowest BCUT2D eigenvalue weighted by molar-refractivity contribution is -0.140. The Morgan fingerprint density at radius 3 is 2.19 bits per heavy atom. The summed E-state index contributed by atoms with van der Waals surface area (Å²) in [5.41, 5.74) is -1.84. The molecule has 0 radical (unpaired) electrons. The molecule has 0 saturated carbocycles. The van der Waals surface area contributed by atoms with Crippen molar-refractivity contribution in [3.05, 3.63) is 12.7 Å². The van der Waals surface area contributed by atoms with Gasteiger partial charge in [0, 0.05) is 14.2 Å². The van der Waals surface area contributed by atoms with Crippen molar-refractivity contribution in [1.29, 1.82) is 0 Å². The molecule has 0 saturated heterocycles. The van der Waals surface area contributed by atoms with Crippen LogP contribution in [0.4, 0.5) is 0 Å². The summed E-state index contributed by atoms with van der Waals surface area (Å²) in [7, 11) is -1.51. The molecule has 7 heteroatoms. The van der Waals surface area contributed by atoms with Crippen LogP contribution in [0.3, 0.4) is 0 Å². The smallest absolute Gasteiger partial charge is 0.379 e. The van der Waals surface area contributed by atoms with Crippen LogP contribution < -0.4 is 0 Å². The van der Waals surface area contributed by atoms with Gasteiger partial charge in [0.25, 0.3) is 0 Å². The number of hydrogen-bond donors (Lipinski definition) is 1. The topological polar surface area (TPSA) is 82.1 Å². The fourth-order valence-corrected chi connectivity index (χ4v) is 1.77. The van der Waals surface area contributed by atoms with Gasteiger partial charge in [0.1, 0.15) is 11.7 Å². The van der Waals surface area contributed by atoms with Crippen molar-refractivity contribution in [1.82, 2.24) is 0 Å². The van der Waals surface area contributed by atoms with Crippen LogP contribution in [-0.4, -0.2) is 36.8 Å². The van der Waals surface area contributed by atoms with E-state index in [-0.39, 0.29) is 0 Å². The van der Waals surface area contributed by atoms with Crippen LogP contribution in [0.15, 0.2) is 12.7 Å². The zero-order valence-electron chi connectivity index (χ0n) is 9.80. The van der Waals surface area contributed by atoms with E-state index in [1.807, 2.05) is 0 Å². The number of rotatable bonds is 7. The zero-order chi connectivity index (χ0) is 13.0. The zero-order valence-corrected chi connectivity index (χ0v) is 10.7. The Labute approximate surface area is 94.8 Å². The van der Waals surface area contributed by atoms with Gasteiger partial charge in [-0.25, -0.2) is 4.57 Å². The predicted molar refractivity (Wildman–Crippen MR) is 58.0 cm³/mol. The van der Waals surface area contributed by atoms with Crippen LogP contribution in [0.1, 0.15) is 13.8 Å². The van der Waals surface area contributed by atoms with E-state index >= 15 is 0 Å². The van der Waals surface area contributed by atoms with Crippen molar-refractivity contribution < 1.29 is 28.0 Å². The number of carbonyl (C=O) groups excluding carboxylic acids is 1. The van der Waals surface area contributed by atoms with Gasteiger partial charge in [-0.2, -0.15) is 0 Å². The second kappa shape index (κ2) is 5.70. The van der Waals surface area contributed by atoms with E-state index in [4.69, 9.17) is 4.52 Å². The molecule has 2 atom stereocenters. The Morgan fingerprint density at radius 2 is 1.94 bits per heavy atom. The van der Waals surface area contributed by atoms with Crippen molar-refractivity contribution in [3.8, 4) is 0 Å². The van der Waals surface area contributed by atoms with Crippen LogP contribution in [-0.2, 0) is 22.9 Å². The van der Waals surface area contributed by atoms with Gasteiger partial charge >= 0.3 is 7.82 Å². The van der Waals surface area contributed by atoms with E-state index < -0.39 is 25.3 Å². The van der Waals surface area contributed by atoms with Crippen molar-refractivity contribution in [3.63, 3.8) is 0 Å². The molecule has 16 heavy (non-hydrogen) atoms. The van der Waals surface area contributed by atoms with Crippen LogP contribution in [0.2, 0.25) is 0 Å². The Hall–Kier alpha value is -0.520. The molecule has 0 unspecified atom stereocenters. The molecule has 0 bridgehead atoms. The highest BCUT2D eigenvalue weighted by Crippen LogP contribution is 2.50. The predicted octanol–water partition coefficient (Wildman–Crippen LogP) is 1.30. The first-order chi connectivity index (χ1) is 7.23. The molecule has 1 N–H and O–H groups in total. The maximum Gasteiger partial charge on any atom is 0.474 e. The van der Waals surface area contributed by atoms with Crippen molar-refractivity contribution in [2.75, 3.05) is 14.2 Å². The Kier molecular flexibility index (Phi) is 5.52. The summed E-state index contributed by atoms with van der Waals surface area (Å²) in [6.45, 7) is 5.81. The van der Waals surface area contributed by atoms with Gasteiger partial charge in [-0.3, -0.25) is 18.4 Å². The van der Waals surface area contributed by atoms with Gasteiger partial charge in [-0.05, 0) is 13.8 Å². The molecule has 6 nitrogen and oxygen atoms in total. The fraction of sp³-hybridized carbons (Fsp3) is 0.667. The molecule has 94 valence electrons. The summed E-state index contributed by atoms with van der Waals surface area (Å²) in [5.74, 6) is -0.545. The van der Waals surface area contributed by atoms with Crippen LogP contribution in [0, 0.1) is 0 Å². The Morgan fingerprint density at radius 1 is 1.50 bits per heavy atom. The van der Waals surface area contributed by atoms with Crippen molar-refractivity contribution in [2.24, 2.45) is 0 Å². The highest BCUT2D eigenvalue weighted by atomic mass is 31.2. The Bertz CT molecular complexity index is 303. The second-order valence-corrected chi connectivity index (χ2v) is 5.11. The summed E-state index contributed by atoms with van der Waals surface area (Å²) in [6, 6.07) is 0. The molecule has 0 aromatic heterocycles. The van der Waals surface area contributed by atoms with Crippen LogP contribution >= 0.6 is 7.82 Å². The Balaban J connectivity index is 4.98. The third-order valence-electron chi connectivity index (χ3n) is 2.17. The lowest BCUT2D eigenvalue weighted by Crippen LogP contribution is -2.45. The molecule has 0 aliphatic carbocycles. The van der Waals surface area contributed by atoms with Gasteiger partial charge < -0.3 is 5.11 Å². The highest BCUT2D eigenvalue weighted by molar-refractivity contribution is 7.48. The number of carbonyl (C=O) groups is 1. The number of phosphoric acid groups is 1. The van der Waals surface area contributed by atoms with Gasteiger partial charge in [0.05, 0.1) is 0 Å². The molecule has 0 fully saturated rings. The minimum Gasteiger partial charge on any atom is -0.379 e. The third kappa shape index (κ3) is 3.50. The summed E-state index contributed by atoms with van der Waals surface area (Å²) in [6.07, 6.45) is -0.0257. The minimum absolute atomic E-state index is 0.545. The molecule has 0 aromatic carbocycles. The van der Waals surface area contributed by atoms with Gasteiger partial charge in [-0.15, -0.1) is 6.58 Å². The van der Waals surface area contributed by atoms with E-state index in [1.54, 1.807) is 0 Å². The van der Waals surface area contributed by atoms with Gasteiger partial charge in [0.2, 0.25) is 0 Å². The quantitative estimate of drug-likeness (QED) is 0.543. The molecular formula is C9H17O6P. The number of aliphatic hydroxyl groups is 1. The highest BCUT2D eigenvalue weighted by Gasteiger charge is 2.40. The average molecular weight is 252 g/mol. The second-order valence-electron chi connectivity index (χ2n) is 3.28. The molecule has 0 heterocycles. The molecule has 0 aliphatic rings. The van der Waals surface area contributed by atoms with E-state index in [1.165, 1.54) is 13.8 Å². The first kappa shape index (κ1) is 15.5. The number of phosphoric ester groups is 1. The SMILES string of the molecule is C=C[C@@H](OP(=O)(OC)OC)[C@@](C)(O)C(C)=O. The fourth-order valence-electron chi connectivity index (χ4n) is 0.875. The first-order valence-electron chi connectivity index (χ1n) is 4.49. The van der Waals surface area contributed by atoms with Crippen molar-refractivity contribution >= 4 is 13.6 Å². The first-order valence-corrected chi connectivity index (χ1v) is 5.95. The van der Waals surface area contributed by atoms with E-state index in [0.717, 1.165) is 20.3 Å². The van der Waals surface area contributed by atoms with E-state index in [2.05, 4.69) is 15.6 Å². The number of Topliss-reactive ketones (excluding diaryl/α,β-unsaturated/α-hetero) is 1. The number of ketones is 1. The van der Waals surface area contributed by atoms with Gasteiger partial charge in [-0.1, -0.05) is 6.08 Å². The van der Waals surface area contributed by atoms with E-state index in [0.29, 0.717) is 0 Å².